The summed E-state index contributed by atoms with van der Waals surface area (Å²) >= 11 is 0. The van der Waals surface area contributed by atoms with Gasteiger partial charge < -0.3 is 10.2 Å². The van der Waals surface area contributed by atoms with E-state index in [-0.39, 0.29) is 5.69 Å². The predicted molar refractivity (Wildman–Crippen MR) is 68.4 cm³/mol. The van der Waals surface area contributed by atoms with Crippen LogP contribution < -0.4 is 16.0 Å². The van der Waals surface area contributed by atoms with Crippen molar-refractivity contribution >= 4 is 11.4 Å². The van der Waals surface area contributed by atoms with E-state index in [1.165, 1.54) is 31.4 Å². The summed E-state index contributed by atoms with van der Waals surface area (Å²) in [6.45, 7) is 0.593. The molecule has 0 unspecified atom stereocenters. The fourth-order valence-corrected chi connectivity index (χ4v) is 1.98. The molecule has 0 spiro atoms. The highest BCUT2D eigenvalue weighted by Crippen LogP contribution is 2.30. The Kier molecular flexibility index (Phi) is 3.99. The zero-order valence-corrected chi connectivity index (χ0v) is 10.1. The molecule has 6 heteroatoms. The highest BCUT2D eigenvalue weighted by atomic mass is 16.6. The molecule has 1 saturated carbocycles. The Morgan fingerprint density at radius 1 is 1.44 bits per heavy atom. The molecule has 1 aromatic carbocycles. The fraction of sp³-hybridized carbons (Fsp3) is 0.500. The van der Waals surface area contributed by atoms with E-state index in [9.17, 15) is 10.1 Å². The van der Waals surface area contributed by atoms with Crippen molar-refractivity contribution in [3.05, 3.63) is 28.3 Å². The average molecular weight is 251 g/mol. The van der Waals surface area contributed by atoms with Crippen LogP contribution >= 0.6 is 0 Å². The lowest BCUT2D eigenvalue weighted by atomic mass is 9.83. The predicted octanol–water partition coefficient (Wildman–Crippen LogP) is 2.45. The van der Waals surface area contributed by atoms with Crippen molar-refractivity contribution in [2.24, 2.45) is 11.8 Å². The molecule has 0 bridgehead atoms. The summed E-state index contributed by atoms with van der Waals surface area (Å²) in [6, 6.07) is 4.45. The number of nitrogens with two attached hydrogens (primary N) is 1. The summed E-state index contributed by atoms with van der Waals surface area (Å²) in [5, 5.41) is 10.7. The van der Waals surface area contributed by atoms with E-state index < -0.39 is 4.92 Å². The van der Waals surface area contributed by atoms with Crippen LogP contribution in [0.15, 0.2) is 18.2 Å². The lowest BCUT2D eigenvalue weighted by Gasteiger charge is -2.24. The van der Waals surface area contributed by atoms with Gasteiger partial charge in [-0.3, -0.25) is 16.0 Å². The number of nitro benzene ring substituents is 1. The monoisotopic (exact) mass is 251 g/mol. The maximum absolute atomic E-state index is 10.7. The number of hydrogen-bond donors (Lipinski definition) is 2. The number of nitrogens with one attached hydrogen (secondary N) is 1. The van der Waals surface area contributed by atoms with Gasteiger partial charge in [0, 0.05) is 12.1 Å². The molecule has 0 atom stereocenters. The molecule has 98 valence electrons. The number of ether oxygens (including phenoxy) is 1. The number of anilines is 1. The third kappa shape index (κ3) is 3.10. The molecule has 0 amide bonds. The second-order valence-electron chi connectivity index (χ2n) is 4.55. The molecule has 3 N–H and O–H groups in total. The van der Waals surface area contributed by atoms with E-state index in [1.807, 2.05) is 0 Å². The van der Waals surface area contributed by atoms with Gasteiger partial charge in [-0.25, -0.2) is 0 Å². The van der Waals surface area contributed by atoms with E-state index in [1.54, 1.807) is 6.07 Å². The summed E-state index contributed by atoms with van der Waals surface area (Å²) in [7, 11) is 0. The summed E-state index contributed by atoms with van der Waals surface area (Å²) in [5.74, 6) is 6.51. The molecule has 1 aliphatic carbocycles. The molecular formula is C12H17N3O3. The quantitative estimate of drug-likeness (QED) is 0.460. The van der Waals surface area contributed by atoms with Crippen molar-refractivity contribution in [2.45, 2.75) is 25.7 Å². The maximum Gasteiger partial charge on any atom is 0.275 e. The van der Waals surface area contributed by atoms with Crippen LogP contribution in [0.25, 0.3) is 0 Å². The second-order valence-corrected chi connectivity index (χ2v) is 4.55. The number of hydrazine groups is 1. The van der Waals surface area contributed by atoms with Gasteiger partial charge in [-0.2, -0.15) is 0 Å². The molecule has 0 saturated heterocycles. The van der Waals surface area contributed by atoms with Gasteiger partial charge in [-0.1, -0.05) is 19.3 Å². The average Bonchev–Trinajstić information content (AvgIpc) is 2.31. The molecule has 0 aromatic heterocycles. The highest BCUT2D eigenvalue weighted by Gasteiger charge is 2.17. The van der Waals surface area contributed by atoms with Crippen molar-refractivity contribution < 1.29 is 9.66 Å². The van der Waals surface area contributed by atoms with Crippen molar-refractivity contribution in [3.63, 3.8) is 0 Å². The summed E-state index contributed by atoms with van der Waals surface area (Å²) in [4.78, 5) is 10.3. The molecule has 1 aliphatic rings. The Morgan fingerprint density at radius 3 is 2.78 bits per heavy atom. The first-order chi connectivity index (χ1) is 8.69. The maximum atomic E-state index is 10.7. The number of nitrogen functional groups attached to an aromatic ring is 1. The van der Waals surface area contributed by atoms with Gasteiger partial charge in [0.15, 0.2) is 0 Å². The third-order valence-electron chi connectivity index (χ3n) is 3.29. The van der Waals surface area contributed by atoms with Gasteiger partial charge in [-0.15, -0.1) is 0 Å². The zero-order valence-electron chi connectivity index (χ0n) is 10.1. The highest BCUT2D eigenvalue weighted by molar-refractivity contribution is 5.55. The van der Waals surface area contributed by atoms with Gasteiger partial charge >= 0.3 is 0 Å². The minimum absolute atomic E-state index is 0.0240. The summed E-state index contributed by atoms with van der Waals surface area (Å²) in [6.07, 6.45) is 4.86. The number of nitrogens with zero attached hydrogens (tertiary/aromatic N) is 1. The van der Waals surface area contributed by atoms with Crippen molar-refractivity contribution in [1.82, 2.24) is 0 Å². The molecule has 18 heavy (non-hydrogen) atoms. The largest absolute Gasteiger partial charge is 0.493 e. The number of benzene rings is 1. The van der Waals surface area contributed by atoms with E-state index in [2.05, 4.69) is 5.43 Å². The van der Waals surface area contributed by atoms with Gasteiger partial charge in [0.1, 0.15) is 5.75 Å². The normalized spacial score (nSPS) is 14.9. The molecule has 0 heterocycles. The number of non-ortho nitro benzene ring substituents is 1. The smallest absolute Gasteiger partial charge is 0.275 e. The summed E-state index contributed by atoms with van der Waals surface area (Å²) in [5.41, 5.74) is 2.85. The topological polar surface area (TPSA) is 90.4 Å². The second kappa shape index (κ2) is 5.68. The van der Waals surface area contributed by atoms with Crippen molar-refractivity contribution in [1.29, 1.82) is 0 Å². The van der Waals surface area contributed by atoms with Gasteiger partial charge in [-0.05, 0) is 12.3 Å². The Labute approximate surface area is 105 Å². The molecule has 0 aliphatic heterocycles. The van der Waals surface area contributed by atoms with Gasteiger partial charge in [0.2, 0.25) is 0 Å². The first-order valence-corrected chi connectivity index (χ1v) is 6.08. The zero-order chi connectivity index (χ0) is 13.0. The van der Waals surface area contributed by atoms with Crippen LogP contribution in [0.5, 0.6) is 5.75 Å². The molecule has 1 aromatic rings. The summed E-state index contributed by atoms with van der Waals surface area (Å²) < 4.78 is 5.55. The first kappa shape index (κ1) is 12.6. The number of hydrogen-bond acceptors (Lipinski definition) is 5. The third-order valence-corrected chi connectivity index (χ3v) is 3.29. The van der Waals surface area contributed by atoms with Crippen LogP contribution in [0.1, 0.15) is 25.7 Å². The Hall–Kier alpha value is -1.82. The standard InChI is InChI=1S/C12H17N3O3/c13-14-10-6-11(15(16)17)8-12(7-10)18-5-4-9-2-1-3-9/h6-9,14H,1-5,13H2. The SMILES string of the molecule is NNc1cc(OCCC2CCC2)cc([N+](=O)[O-])c1. The van der Waals surface area contributed by atoms with Crippen LogP contribution in [-0.4, -0.2) is 11.5 Å². The van der Waals surface area contributed by atoms with Crippen molar-refractivity contribution in [2.75, 3.05) is 12.0 Å². The van der Waals surface area contributed by atoms with E-state index in [4.69, 9.17) is 10.6 Å². The van der Waals surface area contributed by atoms with Crippen LogP contribution in [0.4, 0.5) is 11.4 Å². The molecular weight excluding hydrogens is 234 g/mol. The molecule has 1 fully saturated rings. The minimum Gasteiger partial charge on any atom is -0.493 e. The van der Waals surface area contributed by atoms with Crippen LogP contribution in [0, 0.1) is 16.0 Å². The molecule has 6 nitrogen and oxygen atoms in total. The van der Waals surface area contributed by atoms with Crippen LogP contribution in [0.2, 0.25) is 0 Å². The van der Waals surface area contributed by atoms with Gasteiger partial charge in [0.25, 0.3) is 5.69 Å². The fourth-order valence-electron chi connectivity index (χ4n) is 1.98. The van der Waals surface area contributed by atoms with Gasteiger partial charge in [0.05, 0.1) is 23.3 Å². The van der Waals surface area contributed by atoms with E-state index >= 15 is 0 Å². The lowest BCUT2D eigenvalue weighted by Crippen LogP contribution is -2.14. The molecule has 0 radical (unpaired) electrons. The van der Waals surface area contributed by atoms with E-state index in [0.29, 0.717) is 18.0 Å². The number of nitro groups is 1. The first-order valence-electron chi connectivity index (χ1n) is 6.08. The van der Waals surface area contributed by atoms with Crippen molar-refractivity contribution in [3.8, 4) is 5.75 Å². The van der Waals surface area contributed by atoms with Crippen LogP contribution in [-0.2, 0) is 0 Å². The minimum atomic E-state index is -0.459. The van der Waals surface area contributed by atoms with Crippen LogP contribution in [0.3, 0.4) is 0 Å². The number of rotatable bonds is 6. The lowest BCUT2D eigenvalue weighted by molar-refractivity contribution is -0.384. The Morgan fingerprint density at radius 2 is 2.22 bits per heavy atom. The molecule has 2 rings (SSSR count). The Balaban J connectivity index is 1.96. The van der Waals surface area contributed by atoms with E-state index in [0.717, 1.165) is 12.3 Å². The Bertz CT molecular complexity index is 433.